The van der Waals surface area contributed by atoms with Gasteiger partial charge >= 0.3 is 0 Å². The fourth-order valence-electron chi connectivity index (χ4n) is 2.57. The number of likely N-dealkylation sites (tertiary alicyclic amines) is 1. The van der Waals surface area contributed by atoms with Crippen molar-refractivity contribution in [2.24, 2.45) is 0 Å². The summed E-state index contributed by atoms with van der Waals surface area (Å²) in [5.74, 6) is -0.0910. The van der Waals surface area contributed by atoms with Gasteiger partial charge in [0, 0.05) is 18.8 Å². The number of amides is 1. The molecule has 1 amide bonds. The lowest BCUT2D eigenvalue weighted by molar-refractivity contribution is -0.136. The number of aromatic nitrogens is 2. The average molecular weight is 331 g/mol. The average Bonchev–Trinajstić information content (AvgIpc) is 2.62. The zero-order valence-corrected chi connectivity index (χ0v) is 13.1. The molecule has 24 heavy (non-hydrogen) atoms. The monoisotopic (exact) mass is 331 g/mol. The standard InChI is InChI=1S/C17H18FN3O3/c18-14-5-1-2-6-15(14)23-11-17(22)21-9-3-4-13(10-21)24-16-7-8-19-12-20-16/h1-2,5-8,12-13H,3-4,9-11H2. The maximum absolute atomic E-state index is 13.5. The van der Waals surface area contributed by atoms with Gasteiger partial charge in [0.1, 0.15) is 12.4 Å². The Bertz CT molecular complexity index is 684. The van der Waals surface area contributed by atoms with Crippen LogP contribution in [0.1, 0.15) is 12.8 Å². The molecule has 2 aromatic rings. The van der Waals surface area contributed by atoms with Gasteiger partial charge in [-0.15, -0.1) is 0 Å². The zero-order valence-electron chi connectivity index (χ0n) is 13.1. The van der Waals surface area contributed by atoms with Gasteiger partial charge in [0.15, 0.2) is 18.2 Å². The second-order valence-electron chi connectivity index (χ2n) is 5.49. The number of rotatable bonds is 5. The van der Waals surface area contributed by atoms with E-state index in [1.165, 1.54) is 18.5 Å². The minimum atomic E-state index is -0.478. The molecular formula is C17H18FN3O3. The Morgan fingerprint density at radius 2 is 2.21 bits per heavy atom. The third-order valence-electron chi connectivity index (χ3n) is 3.76. The van der Waals surface area contributed by atoms with Crippen LogP contribution < -0.4 is 9.47 Å². The number of halogens is 1. The van der Waals surface area contributed by atoms with Crippen LogP contribution in [0.3, 0.4) is 0 Å². The molecule has 1 aromatic carbocycles. The van der Waals surface area contributed by atoms with Crippen LogP contribution in [0.4, 0.5) is 4.39 Å². The molecule has 1 aliphatic heterocycles. The summed E-state index contributed by atoms with van der Waals surface area (Å²) in [5, 5.41) is 0. The first-order valence-electron chi connectivity index (χ1n) is 7.80. The van der Waals surface area contributed by atoms with Crippen LogP contribution in [0.5, 0.6) is 11.6 Å². The molecular weight excluding hydrogens is 313 g/mol. The Balaban J connectivity index is 1.52. The number of hydrogen-bond donors (Lipinski definition) is 0. The van der Waals surface area contributed by atoms with E-state index in [-0.39, 0.29) is 24.4 Å². The zero-order chi connectivity index (χ0) is 16.8. The lowest BCUT2D eigenvalue weighted by atomic mass is 10.1. The van der Waals surface area contributed by atoms with Gasteiger partial charge in [0.25, 0.3) is 5.91 Å². The van der Waals surface area contributed by atoms with Gasteiger partial charge in [-0.3, -0.25) is 4.79 Å². The maximum atomic E-state index is 13.5. The lowest BCUT2D eigenvalue weighted by Crippen LogP contribution is -2.46. The van der Waals surface area contributed by atoms with E-state index in [1.807, 2.05) is 0 Å². The summed E-state index contributed by atoms with van der Waals surface area (Å²) in [6, 6.07) is 7.72. The third kappa shape index (κ3) is 4.18. The Morgan fingerprint density at radius 3 is 3.00 bits per heavy atom. The van der Waals surface area contributed by atoms with Gasteiger partial charge in [0.2, 0.25) is 5.88 Å². The highest BCUT2D eigenvalue weighted by Gasteiger charge is 2.25. The van der Waals surface area contributed by atoms with Crippen molar-refractivity contribution in [2.75, 3.05) is 19.7 Å². The quantitative estimate of drug-likeness (QED) is 0.839. The van der Waals surface area contributed by atoms with Crippen molar-refractivity contribution in [1.82, 2.24) is 14.9 Å². The first-order chi connectivity index (χ1) is 11.7. The number of para-hydroxylation sites is 1. The molecule has 1 aliphatic rings. The van der Waals surface area contributed by atoms with Gasteiger partial charge in [-0.1, -0.05) is 12.1 Å². The van der Waals surface area contributed by atoms with E-state index in [9.17, 15) is 9.18 Å². The molecule has 126 valence electrons. The molecule has 6 nitrogen and oxygen atoms in total. The van der Waals surface area contributed by atoms with Gasteiger partial charge in [-0.2, -0.15) is 0 Å². The third-order valence-corrected chi connectivity index (χ3v) is 3.76. The summed E-state index contributed by atoms with van der Waals surface area (Å²) < 4.78 is 24.6. The number of ether oxygens (including phenoxy) is 2. The van der Waals surface area contributed by atoms with E-state index >= 15 is 0 Å². The number of carbonyl (C=O) groups is 1. The normalized spacial score (nSPS) is 17.4. The topological polar surface area (TPSA) is 64.5 Å². The molecule has 1 saturated heterocycles. The fourth-order valence-corrected chi connectivity index (χ4v) is 2.57. The van der Waals surface area contributed by atoms with E-state index in [4.69, 9.17) is 9.47 Å². The van der Waals surface area contributed by atoms with Crippen LogP contribution in [0, 0.1) is 5.82 Å². The van der Waals surface area contributed by atoms with Crippen molar-refractivity contribution in [1.29, 1.82) is 0 Å². The molecule has 3 rings (SSSR count). The molecule has 7 heteroatoms. The summed E-state index contributed by atoms with van der Waals surface area (Å²) in [4.78, 5) is 21.8. The van der Waals surface area contributed by atoms with Crippen molar-refractivity contribution in [2.45, 2.75) is 18.9 Å². The van der Waals surface area contributed by atoms with Crippen molar-refractivity contribution >= 4 is 5.91 Å². The predicted molar refractivity (Wildman–Crippen MR) is 84.2 cm³/mol. The first kappa shape index (κ1) is 16.2. The maximum Gasteiger partial charge on any atom is 0.260 e. The van der Waals surface area contributed by atoms with Crippen LogP contribution in [-0.4, -0.2) is 46.6 Å². The highest BCUT2D eigenvalue weighted by molar-refractivity contribution is 5.77. The minimum Gasteiger partial charge on any atom is -0.481 e. The summed E-state index contributed by atoms with van der Waals surface area (Å²) in [5.41, 5.74) is 0. The summed E-state index contributed by atoms with van der Waals surface area (Å²) >= 11 is 0. The molecule has 0 aliphatic carbocycles. The van der Waals surface area contributed by atoms with Crippen LogP contribution in [0.15, 0.2) is 42.9 Å². The van der Waals surface area contributed by atoms with Crippen molar-refractivity contribution in [3.63, 3.8) is 0 Å². The Hall–Kier alpha value is -2.70. The molecule has 2 heterocycles. The Kier molecular flexibility index (Phi) is 5.20. The van der Waals surface area contributed by atoms with Crippen LogP contribution >= 0.6 is 0 Å². The molecule has 0 saturated carbocycles. The highest BCUT2D eigenvalue weighted by atomic mass is 19.1. The second kappa shape index (κ2) is 7.72. The van der Waals surface area contributed by atoms with Crippen molar-refractivity contribution in [3.05, 3.63) is 48.7 Å². The smallest absolute Gasteiger partial charge is 0.260 e. The van der Waals surface area contributed by atoms with Gasteiger partial charge in [-0.05, 0) is 25.0 Å². The summed E-state index contributed by atoms with van der Waals surface area (Å²) in [6.07, 6.45) is 4.59. The number of piperidine rings is 1. The minimum absolute atomic E-state index is 0.0802. The number of nitrogens with zero attached hydrogens (tertiary/aromatic N) is 3. The largest absolute Gasteiger partial charge is 0.481 e. The van der Waals surface area contributed by atoms with E-state index in [0.29, 0.717) is 19.0 Å². The second-order valence-corrected chi connectivity index (χ2v) is 5.49. The Labute approximate surface area is 139 Å². The molecule has 0 N–H and O–H groups in total. The number of carbonyl (C=O) groups excluding carboxylic acids is 1. The van der Waals surface area contributed by atoms with Crippen LogP contribution in [0.25, 0.3) is 0 Å². The van der Waals surface area contributed by atoms with Crippen LogP contribution in [0.2, 0.25) is 0 Å². The van der Waals surface area contributed by atoms with Crippen molar-refractivity contribution in [3.8, 4) is 11.6 Å². The molecule has 0 spiro atoms. The lowest BCUT2D eigenvalue weighted by Gasteiger charge is -2.32. The SMILES string of the molecule is O=C(COc1ccccc1F)N1CCCC(Oc2ccncn2)C1. The highest BCUT2D eigenvalue weighted by Crippen LogP contribution is 2.18. The fraction of sp³-hybridized carbons (Fsp3) is 0.353. The molecule has 0 bridgehead atoms. The molecule has 1 atom stereocenters. The summed E-state index contributed by atoms with van der Waals surface area (Å²) in [6.45, 7) is 0.910. The Morgan fingerprint density at radius 1 is 1.33 bits per heavy atom. The van der Waals surface area contributed by atoms with E-state index in [1.54, 1.807) is 29.3 Å². The van der Waals surface area contributed by atoms with E-state index in [0.717, 1.165) is 12.8 Å². The van der Waals surface area contributed by atoms with Crippen LogP contribution in [-0.2, 0) is 4.79 Å². The first-order valence-corrected chi connectivity index (χ1v) is 7.80. The van der Waals surface area contributed by atoms with Crippen molar-refractivity contribution < 1.29 is 18.7 Å². The van der Waals surface area contributed by atoms with Gasteiger partial charge in [0.05, 0.1) is 6.54 Å². The number of benzene rings is 1. The molecule has 1 aromatic heterocycles. The predicted octanol–water partition coefficient (Wildman–Crippen LogP) is 2.06. The van der Waals surface area contributed by atoms with Gasteiger partial charge in [-0.25, -0.2) is 14.4 Å². The molecule has 0 radical (unpaired) electrons. The number of hydrogen-bond acceptors (Lipinski definition) is 5. The van der Waals surface area contributed by atoms with E-state index in [2.05, 4.69) is 9.97 Å². The molecule has 1 fully saturated rings. The summed E-state index contributed by atoms with van der Waals surface area (Å²) in [7, 11) is 0. The van der Waals surface area contributed by atoms with E-state index < -0.39 is 5.82 Å². The molecule has 1 unspecified atom stereocenters. The van der Waals surface area contributed by atoms with Gasteiger partial charge < -0.3 is 14.4 Å².